The second-order valence-electron chi connectivity index (χ2n) is 5.12. The van der Waals surface area contributed by atoms with Gasteiger partial charge in [-0.1, -0.05) is 29.3 Å². The standard InChI is InChI=1S/C17H13Cl2F2NO3/c1-25-17(24)15(7-9-2-4-11(18)8-12(9)19)22-16(23)10-3-5-13(20)14(21)6-10/h2-6,8,15H,7H2,1H3,(H,22,23)/t15-/m1/s1. The second kappa shape index (κ2) is 8.27. The number of nitrogens with one attached hydrogen (secondary N) is 1. The molecule has 1 amide bonds. The van der Waals surface area contributed by atoms with Gasteiger partial charge in [0.15, 0.2) is 11.6 Å². The van der Waals surface area contributed by atoms with Crippen molar-refractivity contribution in [3.63, 3.8) is 0 Å². The number of halogens is 4. The fourth-order valence-corrected chi connectivity index (χ4v) is 2.61. The Morgan fingerprint density at radius 1 is 1.12 bits per heavy atom. The molecule has 0 aliphatic carbocycles. The number of carbonyl (C=O) groups is 2. The molecule has 0 aliphatic heterocycles. The number of esters is 1. The van der Waals surface area contributed by atoms with Crippen molar-refractivity contribution in [1.82, 2.24) is 5.32 Å². The third-order valence-corrected chi connectivity index (χ3v) is 4.00. The van der Waals surface area contributed by atoms with Gasteiger partial charge in [-0.3, -0.25) is 4.79 Å². The monoisotopic (exact) mass is 387 g/mol. The number of hydrogen-bond donors (Lipinski definition) is 1. The first-order chi connectivity index (χ1) is 11.8. The van der Waals surface area contributed by atoms with E-state index in [9.17, 15) is 18.4 Å². The van der Waals surface area contributed by atoms with Crippen LogP contribution in [0.1, 0.15) is 15.9 Å². The Morgan fingerprint density at radius 3 is 2.44 bits per heavy atom. The number of ether oxygens (including phenoxy) is 1. The zero-order valence-corrected chi connectivity index (χ0v) is 14.5. The molecule has 0 heterocycles. The maximum Gasteiger partial charge on any atom is 0.328 e. The highest BCUT2D eigenvalue weighted by Crippen LogP contribution is 2.22. The summed E-state index contributed by atoms with van der Waals surface area (Å²) in [7, 11) is 1.17. The van der Waals surface area contributed by atoms with Gasteiger partial charge in [0.2, 0.25) is 0 Å². The first-order valence-corrected chi connectivity index (χ1v) is 7.85. The zero-order valence-electron chi connectivity index (χ0n) is 13.0. The molecule has 2 aromatic carbocycles. The lowest BCUT2D eigenvalue weighted by Crippen LogP contribution is -2.43. The summed E-state index contributed by atoms with van der Waals surface area (Å²) in [5.74, 6) is -3.70. The van der Waals surface area contributed by atoms with Gasteiger partial charge in [-0.05, 0) is 35.9 Å². The van der Waals surface area contributed by atoms with Crippen LogP contribution in [0.25, 0.3) is 0 Å². The summed E-state index contributed by atoms with van der Waals surface area (Å²) >= 11 is 11.9. The van der Waals surface area contributed by atoms with Gasteiger partial charge in [0.1, 0.15) is 6.04 Å². The Hall–Kier alpha value is -2.18. The van der Waals surface area contributed by atoms with Crippen molar-refractivity contribution >= 4 is 35.1 Å². The molecule has 0 saturated carbocycles. The number of benzene rings is 2. The van der Waals surface area contributed by atoms with Gasteiger partial charge in [-0.25, -0.2) is 13.6 Å². The lowest BCUT2D eigenvalue weighted by molar-refractivity contribution is -0.142. The van der Waals surface area contributed by atoms with E-state index in [0.717, 1.165) is 18.2 Å². The number of methoxy groups -OCH3 is 1. The zero-order chi connectivity index (χ0) is 18.6. The normalized spacial score (nSPS) is 11.7. The molecule has 132 valence electrons. The van der Waals surface area contributed by atoms with Crippen molar-refractivity contribution in [2.75, 3.05) is 7.11 Å². The van der Waals surface area contributed by atoms with Crippen LogP contribution in [-0.2, 0) is 16.0 Å². The minimum absolute atomic E-state index is 0.0398. The lowest BCUT2D eigenvalue weighted by Gasteiger charge is -2.17. The average Bonchev–Trinajstić information content (AvgIpc) is 2.58. The third-order valence-electron chi connectivity index (χ3n) is 3.41. The first-order valence-electron chi connectivity index (χ1n) is 7.09. The summed E-state index contributed by atoms with van der Waals surface area (Å²) in [5.41, 5.74) is 0.432. The van der Waals surface area contributed by atoms with Crippen LogP contribution in [0.15, 0.2) is 36.4 Å². The van der Waals surface area contributed by atoms with E-state index in [1.54, 1.807) is 12.1 Å². The predicted octanol–water partition coefficient (Wildman–Crippen LogP) is 3.79. The lowest BCUT2D eigenvalue weighted by atomic mass is 10.1. The van der Waals surface area contributed by atoms with Crippen molar-refractivity contribution in [2.45, 2.75) is 12.5 Å². The molecular weight excluding hydrogens is 375 g/mol. The minimum atomic E-state index is -1.16. The molecule has 0 aromatic heterocycles. The summed E-state index contributed by atoms with van der Waals surface area (Å²) in [6.45, 7) is 0. The third kappa shape index (κ3) is 4.90. The Balaban J connectivity index is 2.21. The topological polar surface area (TPSA) is 55.4 Å². The van der Waals surface area contributed by atoms with Gasteiger partial charge in [0, 0.05) is 22.0 Å². The quantitative estimate of drug-likeness (QED) is 0.794. The number of hydrogen-bond acceptors (Lipinski definition) is 3. The van der Waals surface area contributed by atoms with Crippen LogP contribution in [0.2, 0.25) is 10.0 Å². The molecule has 0 fully saturated rings. The molecule has 0 saturated heterocycles. The highest BCUT2D eigenvalue weighted by Gasteiger charge is 2.24. The van der Waals surface area contributed by atoms with Crippen molar-refractivity contribution in [2.24, 2.45) is 0 Å². The summed E-state index contributed by atoms with van der Waals surface area (Å²) in [6.07, 6.45) is 0.0398. The highest BCUT2D eigenvalue weighted by molar-refractivity contribution is 6.35. The molecule has 1 N–H and O–H groups in total. The van der Waals surface area contributed by atoms with Gasteiger partial charge in [0.05, 0.1) is 7.11 Å². The van der Waals surface area contributed by atoms with Crippen LogP contribution in [0.3, 0.4) is 0 Å². The van der Waals surface area contributed by atoms with Crippen molar-refractivity contribution in [3.8, 4) is 0 Å². The molecule has 8 heteroatoms. The van der Waals surface area contributed by atoms with Gasteiger partial charge < -0.3 is 10.1 Å². The molecular formula is C17H13Cl2F2NO3. The average molecular weight is 388 g/mol. The van der Waals surface area contributed by atoms with Crippen LogP contribution in [0, 0.1) is 11.6 Å². The Bertz CT molecular complexity index is 814. The smallest absolute Gasteiger partial charge is 0.328 e. The minimum Gasteiger partial charge on any atom is -0.467 e. The van der Waals surface area contributed by atoms with E-state index in [4.69, 9.17) is 23.2 Å². The molecule has 4 nitrogen and oxygen atoms in total. The van der Waals surface area contributed by atoms with Crippen molar-refractivity contribution < 1.29 is 23.1 Å². The SMILES string of the molecule is COC(=O)[C@@H](Cc1ccc(Cl)cc1Cl)NC(=O)c1ccc(F)c(F)c1. The second-order valence-corrected chi connectivity index (χ2v) is 5.96. The largest absolute Gasteiger partial charge is 0.467 e. The molecule has 0 bridgehead atoms. The fraction of sp³-hybridized carbons (Fsp3) is 0.176. The fourth-order valence-electron chi connectivity index (χ4n) is 2.12. The van der Waals surface area contributed by atoms with E-state index in [1.807, 2.05) is 0 Å². The summed E-state index contributed by atoms with van der Waals surface area (Å²) < 4.78 is 30.9. The molecule has 0 aliphatic rings. The Labute approximate surface area is 152 Å². The van der Waals surface area contributed by atoms with E-state index in [0.29, 0.717) is 15.6 Å². The van der Waals surface area contributed by atoms with E-state index in [1.165, 1.54) is 13.2 Å². The molecule has 0 radical (unpaired) electrons. The highest BCUT2D eigenvalue weighted by atomic mass is 35.5. The van der Waals surface area contributed by atoms with Crippen LogP contribution >= 0.6 is 23.2 Å². The van der Waals surface area contributed by atoms with E-state index < -0.39 is 29.6 Å². The molecule has 0 unspecified atom stereocenters. The molecule has 2 rings (SSSR count). The van der Waals surface area contributed by atoms with Gasteiger partial charge in [-0.15, -0.1) is 0 Å². The van der Waals surface area contributed by atoms with Gasteiger partial charge in [0.25, 0.3) is 5.91 Å². The molecule has 1 atom stereocenters. The maximum atomic E-state index is 13.3. The van der Waals surface area contributed by atoms with E-state index in [-0.39, 0.29) is 12.0 Å². The molecule has 0 spiro atoms. The van der Waals surface area contributed by atoms with E-state index >= 15 is 0 Å². The Kier molecular flexibility index (Phi) is 6.33. The summed E-state index contributed by atoms with van der Waals surface area (Å²) in [5, 5.41) is 3.17. The molecule has 25 heavy (non-hydrogen) atoms. The van der Waals surface area contributed by atoms with Crippen LogP contribution < -0.4 is 5.32 Å². The molecule has 2 aromatic rings. The van der Waals surface area contributed by atoms with Crippen LogP contribution in [-0.4, -0.2) is 25.0 Å². The Morgan fingerprint density at radius 2 is 1.84 bits per heavy atom. The van der Waals surface area contributed by atoms with E-state index in [2.05, 4.69) is 10.1 Å². The van der Waals surface area contributed by atoms with Crippen molar-refractivity contribution in [3.05, 3.63) is 69.2 Å². The number of carbonyl (C=O) groups excluding carboxylic acids is 2. The van der Waals surface area contributed by atoms with Crippen LogP contribution in [0.4, 0.5) is 8.78 Å². The van der Waals surface area contributed by atoms with Crippen LogP contribution in [0.5, 0.6) is 0 Å². The predicted molar refractivity (Wildman–Crippen MR) is 89.8 cm³/mol. The van der Waals surface area contributed by atoms with Crippen molar-refractivity contribution in [1.29, 1.82) is 0 Å². The summed E-state index contributed by atoms with van der Waals surface area (Å²) in [6, 6.07) is 6.33. The summed E-state index contributed by atoms with van der Waals surface area (Å²) in [4.78, 5) is 24.1. The maximum absolute atomic E-state index is 13.3. The van der Waals surface area contributed by atoms with Gasteiger partial charge in [-0.2, -0.15) is 0 Å². The number of rotatable bonds is 5. The van der Waals surface area contributed by atoms with Gasteiger partial charge >= 0.3 is 5.97 Å². The first kappa shape index (κ1) is 19.1. The number of amides is 1.